The van der Waals surface area contributed by atoms with Crippen molar-refractivity contribution in [3.05, 3.63) is 0 Å². The fourth-order valence-corrected chi connectivity index (χ4v) is 4.37. The van der Waals surface area contributed by atoms with Crippen LogP contribution in [0.3, 0.4) is 0 Å². The lowest BCUT2D eigenvalue weighted by Crippen LogP contribution is -2.51. The zero-order chi connectivity index (χ0) is 13.9. The van der Waals surface area contributed by atoms with Crippen molar-refractivity contribution in [2.45, 2.75) is 57.5 Å². The highest BCUT2D eigenvalue weighted by molar-refractivity contribution is 4.86. The lowest BCUT2D eigenvalue weighted by molar-refractivity contribution is 0.0465. The lowest BCUT2D eigenvalue weighted by atomic mass is 9.93. The molecule has 0 aromatic rings. The summed E-state index contributed by atoms with van der Waals surface area (Å²) in [5.74, 6) is 0.963. The maximum Gasteiger partial charge on any atom is 0.0120 e. The zero-order valence-corrected chi connectivity index (χ0v) is 13.6. The van der Waals surface area contributed by atoms with Gasteiger partial charge in [0, 0.05) is 12.1 Å². The van der Waals surface area contributed by atoms with Gasteiger partial charge in [-0.25, -0.2) is 0 Å². The molecule has 3 saturated heterocycles. The first-order chi connectivity index (χ1) is 9.72. The van der Waals surface area contributed by atoms with Gasteiger partial charge in [-0.1, -0.05) is 6.92 Å². The highest BCUT2D eigenvalue weighted by Crippen LogP contribution is 2.26. The Hall–Kier alpha value is -0.120. The van der Waals surface area contributed by atoms with Crippen LogP contribution in [0.4, 0.5) is 0 Å². The molecule has 0 amide bonds. The molecular formula is C17H33N3. The van der Waals surface area contributed by atoms with E-state index in [1.807, 2.05) is 0 Å². The molecule has 0 bridgehead atoms. The van der Waals surface area contributed by atoms with Crippen LogP contribution in [0, 0.1) is 5.92 Å². The van der Waals surface area contributed by atoms with Gasteiger partial charge in [-0.05, 0) is 90.8 Å². The van der Waals surface area contributed by atoms with Gasteiger partial charge in [-0.15, -0.1) is 0 Å². The van der Waals surface area contributed by atoms with E-state index in [2.05, 4.69) is 28.7 Å². The van der Waals surface area contributed by atoms with Gasteiger partial charge < -0.3 is 14.7 Å². The molecule has 20 heavy (non-hydrogen) atoms. The van der Waals surface area contributed by atoms with Crippen LogP contribution in [0.2, 0.25) is 0 Å². The van der Waals surface area contributed by atoms with Gasteiger partial charge in [0.25, 0.3) is 0 Å². The molecule has 0 atom stereocenters. The quantitative estimate of drug-likeness (QED) is 0.768. The number of hydrogen-bond donors (Lipinski definition) is 0. The van der Waals surface area contributed by atoms with E-state index in [0.717, 1.165) is 18.0 Å². The van der Waals surface area contributed by atoms with Crippen molar-refractivity contribution in [1.82, 2.24) is 14.7 Å². The molecule has 0 aromatic heterocycles. The summed E-state index contributed by atoms with van der Waals surface area (Å²) in [6.45, 7) is 10.4. The van der Waals surface area contributed by atoms with E-state index in [1.54, 1.807) is 0 Å². The summed E-state index contributed by atoms with van der Waals surface area (Å²) in [5, 5.41) is 0. The predicted octanol–water partition coefficient (Wildman–Crippen LogP) is 2.28. The first-order valence-electron chi connectivity index (χ1n) is 8.89. The summed E-state index contributed by atoms with van der Waals surface area (Å²) < 4.78 is 0. The third-order valence-electron chi connectivity index (χ3n) is 6.04. The summed E-state index contributed by atoms with van der Waals surface area (Å²) in [6, 6.07) is 1.78. The molecule has 0 saturated carbocycles. The summed E-state index contributed by atoms with van der Waals surface area (Å²) in [5.41, 5.74) is 0. The smallest absolute Gasteiger partial charge is 0.0120 e. The molecule has 3 heteroatoms. The first-order valence-corrected chi connectivity index (χ1v) is 8.89. The second-order valence-electron chi connectivity index (χ2n) is 7.52. The summed E-state index contributed by atoms with van der Waals surface area (Å²) >= 11 is 0. The Morgan fingerprint density at radius 1 is 0.600 bits per heavy atom. The fraction of sp³-hybridized carbons (Fsp3) is 1.00. The normalized spacial score (nSPS) is 30.9. The first kappa shape index (κ1) is 14.8. The van der Waals surface area contributed by atoms with E-state index in [0.29, 0.717) is 0 Å². The number of rotatable bonds is 2. The molecule has 0 aromatic carbocycles. The minimum Gasteiger partial charge on any atom is -0.306 e. The molecule has 3 rings (SSSR count). The Balaban J connectivity index is 1.42. The van der Waals surface area contributed by atoms with Gasteiger partial charge in [-0.2, -0.15) is 0 Å². The summed E-state index contributed by atoms with van der Waals surface area (Å²) in [6.07, 6.45) is 8.47. The minimum absolute atomic E-state index is 0.883. The van der Waals surface area contributed by atoms with Crippen molar-refractivity contribution in [1.29, 1.82) is 0 Å². The van der Waals surface area contributed by atoms with E-state index in [4.69, 9.17) is 0 Å². The van der Waals surface area contributed by atoms with Gasteiger partial charge >= 0.3 is 0 Å². The molecule has 0 spiro atoms. The average molecular weight is 279 g/mol. The van der Waals surface area contributed by atoms with Gasteiger partial charge in [0.05, 0.1) is 0 Å². The summed E-state index contributed by atoms with van der Waals surface area (Å²) in [4.78, 5) is 8.08. The molecular weight excluding hydrogens is 246 g/mol. The van der Waals surface area contributed by atoms with Crippen molar-refractivity contribution in [3.8, 4) is 0 Å². The topological polar surface area (TPSA) is 9.72 Å². The zero-order valence-electron chi connectivity index (χ0n) is 13.6. The fourth-order valence-electron chi connectivity index (χ4n) is 4.37. The number of nitrogens with zero attached hydrogens (tertiary/aromatic N) is 3. The predicted molar refractivity (Wildman–Crippen MR) is 85.1 cm³/mol. The van der Waals surface area contributed by atoms with Crippen LogP contribution < -0.4 is 0 Å². The maximum atomic E-state index is 2.80. The van der Waals surface area contributed by atoms with Crippen LogP contribution in [-0.2, 0) is 0 Å². The Bertz CT molecular complexity index is 253. The molecule has 3 aliphatic rings. The van der Waals surface area contributed by atoms with Crippen LogP contribution in [0.25, 0.3) is 0 Å². The SMILES string of the molecule is CC1CCN(C2CCN(C3CCN(C)CC3)CC2)CC1. The second kappa shape index (κ2) is 6.76. The number of hydrogen-bond acceptors (Lipinski definition) is 3. The minimum atomic E-state index is 0.883. The van der Waals surface area contributed by atoms with Crippen molar-refractivity contribution in [3.63, 3.8) is 0 Å². The molecule has 0 unspecified atom stereocenters. The van der Waals surface area contributed by atoms with Crippen molar-refractivity contribution in [2.24, 2.45) is 5.92 Å². The highest BCUT2D eigenvalue weighted by atomic mass is 15.2. The Morgan fingerprint density at radius 2 is 1.00 bits per heavy atom. The lowest BCUT2D eigenvalue weighted by Gasteiger charge is -2.45. The van der Waals surface area contributed by atoms with E-state index in [9.17, 15) is 0 Å². The molecule has 3 nitrogen and oxygen atoms in total. The van der Waals surface area contributed by atoms with Crippen LogP contribution >= 0.6 is 0 Å². The van der Waals surface area contributed by atoms with Crippen LogP contribution in [-0.4, -0.2) is 73.1 Å². The van der Waals surface area contributed by atoms with Crippen molar-refractivity contribution >= 4 is 0 Å². The molecule has 3 fully saturated rings. The molecule has 0 radical (unpaired) electrons. The number of piperidine rings is 3. The highest BCUT2D eigenvalue weighted by Gasteiger charge is 2.30. The van der Waals surface area contributed by atoms with E-state index >= 15 is 0 Å². The number of likely N-dealkylation sites (tertiary alicyclic amines) is 3. The largest absolute Gasteiger partial charge is 0.306 e. The maximum absolute atomic E-state index is 2.80. The van der Waals surface area contributed by atoms with Crippen LogP contribution in [0.5, 0.6) is 0 Å². The second-order valence-corrected chi connectivity index (χ2v) is 7.52. The van der Waals surface area contributed by atoms with Gasteiger partial charge in [0.15, 0.2) is 0 Å². The molecule has 116 valence electrons. The molecule has 0 aliphatic carbocycles. The molecule has 0 N–H and O–H groups in total. The van der Waals surface area contributed by atoms with Gasteiger partial charge in [-0.3, -0.25) is 0 Å². The van der Waals surface area contributed by atoms with Crippen LogP contribution in [0.15, 0.2) is 0 Å². The third kappa shape index (κ3) is 3.55. The van der Waals surface area contributed by atoms with E-state index in [1.165, 1.54) is 77.8 Å². The van der Waals surface area contributed by atoms with Crippen molar-refractivity contribution in [2.75, 3.05) is 46.3 Å². The van der Waals surface area contributed by atoms with Gasteiger partial charge in [0.2, 0.25) is 0 Å². The summed E-state index contributed by atoms with van der Waals surface area (Å²) in [7, 11) is 2.26. The Labute approximate surface area is 125 Å². The van der Waals surface area contributed by atoms with Crippen LogP contribution in [0.1, 0.15) is 45.4 Å². The van der Waals surface area contributed by atoms with E-state index in [-0.39, 0.29) is 0 Å². The average Bonchev–Trinajstić information content (AvgIpc) is 2.49. The third-order valence-corrected chi connectivity index (χ3v) is 6.04. The Kier molecular flexibility index (Phi) is 5.00. The molecule has 3 heterocycles. The monoisotopic (exact) mass is 279 g/mol. The van der Waals surface area contributed by atoms with E-state index < -0.39 is 0 Å². The van der Waals surface area contributed by atoms with Gasteiger partial charge in [0.1, 0.15) is 0 Å². The standard InChI is InChI=1S/C17H33N3/c1-15-3-11-19(12-4-15)17-7-13-20(14-8-17)16-5-9-18(2)10-6-16/h15-17H,3-14H2,1-2H3. The van der Waals surface area contributed by atoms with Crippen molar-refractivity contribution < 1.29 is 0 Å². The Morgan fingerprint density at radius 3 is 1.50 bits per heavy atom. The molecule has 3 aliphatic heterocycles.